The van der Waals surface area contributed by atoms with Crippen molar-refractivity contribution in [1.29, 1.82) is 0 Å². The molecule has 0 atom stereocenters. The summed E-state index contributed by atoms with van der Waals surface area (Å²) in [5.41, 5.74) is 5.29. The van der Waals surface area contributed by atoms with Crippen molar-refractivity contribution in [3.63, 3.8) is 0 Å². The van der Waals surface area contributed by atoms with Crippen LogP contribution in [0.5, 0.6) is 11.5 Å². The first-order chi connectivity index (χ1) is 16.6. The molecule has 7 heteroatoms. The second-order valence-corrected chi connectivity index (χ2v) is 7.72. The van der Waals surface area contributed by atoms with Crippen molar-refractivity contribution in [2.24, 2.45) is 0 Å². The lowest BCUT2D eigenvalue weighted by molar-refractivity contribution is 0.0950. The van der Waals surface area contributed by atoms with Crippen LogP contribution < -0.4 is 20.1 Å². The highest BCUT2D eigenvalue weighted by molar-refractivity contribution is 5.94. The van der Waals surface area contributed by atoms with Gasteiger partial charge in [-0.25, -0.2) is 9.97 Å². The van der Waals surface area contributed by atoms with Crippen LogP contribution in [0, 0.1) is 6.92 Å². The zero-order valence-corrected chi connectivity index (χ0v) is 19.3. The maximum atomic E-state index is 12.6. The van der Waals surface area contributed by atoms with Crippen molar-refractivity contribution in [2.45, 2.75) is 13.5 Å². The number of aryl methyl sites for hydroxylation is 1. The number of benzene rings is 3. The van der Waals surface area contributed by atoms with E-state index in [1.807, 2.05) is 42.5 Å². The Hall–Kier alpha value is -4.39. The molecule has 2 N–H and O–H groups in total. The van der Waals surface area contributed by atoms with Crippen molar-refractivity contribution in [3.8, 4) is 22.8 Å². The predicted octanol–water partition coefficient (Wildman–Crippen LogP) is 5.14. The van der Waals surface area contributed by atoms with E-state index in [-0.39, 0.29) is 5.91 Å². The van der Waals surface area contributed by atoms with Crippen molar-refractivity contribution < 1.29 is 14.3 Å². The molecule has 0 aliphatic heterocycles. The van der Waals surface area contributed by atoms with E-state index in [2.05, 4.69) is 39.7 Å². The van der Waals surface area contributed by atoms with Crippen molar-refractivity contribution in [3.05, 3.63) is 95.8 Å². The van der Waals surface area contributed by atoms with Gasteiger partial charge >= 0.3 is 0 Å². The van der Waals surface area contributed by atoms with E-state index in [0.717, 1.165) is 22.5 Å². The van der Waals surface area contributed by atoms with Gasteiger partial charge in [-0.2, -0.15) is 0 Å². The van der Waals surface area contributed by atoms with Crippen LogP contribution in [0.15, 0.2) is 79.1 Å². The summed E-state index contributed by atoms with van der Waals surface area (Å²) >= 11 is 0. The smallest absolute Gasteiger partial charge is 0.251 e. The van der Waals surface area contributed by atoms with Crippen LogP contribution >= 0.6 is 0 Å². The maximum Gasteiger partial charge on any atom is 0.251 e. The van der Waals surface area contributed by atoms with Crippen LogP contribution in [-0.4, -0.2) is 30.1 Å². The molecule has 0 fully saturated rings. The number of nitrogens with zero attached hydrogens (tertiary/aromatic N) is 2. The van der Waals surface area contributed by atoms with E-state index in [0.29, 0.717) is 29.4 Å². The molecule has 1 heterocycles. The largest absolute Gasteiger partial charge is 0.497 e. The summed E-state index contributed by atoms with van der Waals surface area (Å²) in [4.78, 5) is 21.3. The molecule has 1 amide bonds. The molecule has 172 valence electrons. The number of hydrogen-bond acceptors (Lipinski definition) is 6. The van der Waals surface area contributed by atoms with Gasteiger partial charge in [0.25, 0.3) is 5.91 Å². The lowest BCUT2D eigenvalue weighted by Crippen LogP contribution is -2.23. The number of methoxy groups -OCH3 is 2. The van der Waals surface area contributed by atoms with Gasteiger partial charge in [0.15, 0.2) is 0 Å². The third kappa shape index (κ3) is 5.50. The molecule has 0 bridgehead atoms. The Morgan fingerprint density at radius 2 is 1.74 bits per heavy atom. The SMILES string of the molecule is COc1ccc(CNC(=O)c2ccc(Nc3cc(-c4cccc(C)c4)ncn3)cc2)c(OC)c1. The molecule has 3 aromatic carbocycles. The maximum absolute atomic E-state index is 12.6. The molecule has 0 saturated carbocycles. The normalized spacial score (nSPS) is 10.4. The molecule has 1 aromatic heterocycles. The van der Waals surface area contributed by atoms with Crippen LogP contribution in [-0.2, 0) is 6.54 Å². The Balaban J connectivity index is 1.40. The third-order valence-electron chi connectivity index (χ3n) is 5.33. The summed E-state index contributed by atoms with van der Waals surface area (Å²) in [6.45, 7) is 2.39. The van der Waals surface area contributed by atoms with E-state index in [9.17, 15) is 4.79 Å². The number of anilines is 2. The van der Waals surface area contributed by atoms with Gasteiger partial charge in [-0.15, -0.1) is 0 Å². The highest BCUT2D eigenvalue weighted by Gasteiger charge is 2.10. The minimum absolute atomic E-state index is 0.173. The van der Waals surface area contributed by atoms with Gasteiger partial charge in [0, 0.05) is 41.1 Å². The van der Waals surface area contributed by atoms with E-state index in [1.165, 1.54) is 11.9 Å². The molecule has 0 saturated heterocycles. The van der Waals surface area contributed by atoms with Gasteiger partial charge < -0.3 is 20.1 Å². The molecule has 4 aromatic rings. The minimum atomic E-state index is -0.173. The van der Waals surface area contributed by atoms with Crippen molar-refractivity contribution in [2.75, 3.05) is 19.5 Å². The second kappa shape index (κ2) is 10.5. The van der Waals surface area contributed by atoms with Gasteiger partial charge in [0.1, 0.15) is 23.6 Å². The van der Waals surface area contributed by atoms with E-state index in [4.69, 9.17) is 9.47 Å². The zero-order chi connectivity index (χ0) is 23.9. The Bertz CT molecular complexity index is 1290. The zero-order valence-electron chi connectivity index (χ0n) is 19.3. The fourth-order valence-corrected chi connectivity index (χ4v) is 3.52. The fraction of sp³-hybridized carbons (Fsp3) is 0.148. The molecule has 0 aliphatic rings. The highest BCUT2D eigenvalue weighted by atomic mass is 16.5. The molecule has 4 rings (SSSR count). The molecule has 0 spiro atoms. The average molecular weight is 455 g/mol. The second-order valence-electron chi connectivity index (χ2n) is 7.72. The lowest BCUT2D eigenvalue weighted by atomic mass is 10.1. The first kappa shape index (κ1) is 22.8. The Kier molecular flexibility index (Phi) is 7.03. The Labute approximate surface area is 198 Å². The first-order valence-corrected chi connectivity index (χ1v) is 10.8. The van der Waals surface area contributed by atoms with E-state index >= 15 is 0 Å². The van der Waals surface area contributed by atoms with Crippen LogP contribution in [0.4, 0.5) is 11.5 Å². The summed E-state index contributed by atoms with van der Waals surface area (Å²) in [6.07, 6.45) is 1.54. The van der Waals surface area contributed by atoms with E-state index in [1.54, 1.807) is 32.4 Å². The molecule has 0 radical (unpaired) electrons. The van der Waals surface area contributed by atoms with Gasteiger partial charge in [0.2, 0.25) is 0 Å². The summed E-state index contributed by atoms with van der Waals surface area (Å²) < 4.78 is 10.6. The minimum Gasteiger partial charge on any atom is -0.497 e. The first-order valence-electron chi connectivity index (χ1n) is 10.8. The third-order valence-corrected chi connectivity index (χ3v) is 5.33. The summed E-state index contributed by atoms with van der Waals surface area (Å²) in [5, 5.41) is 6.19. The number of aromatic nitrogens is 2. The number of hydrogen-bond donors (Lipinski definition) is 2. The summed E-state index contributed by atoms with van der Waals surface area (Å²) in [5.74, 6) is 1.86. The quantitative estimate of drug-likeness (QED) is 0.383. The van der Waals surface area contributed by atoms with Gasteiger partial charge in [-0.1, -0.05) is 23.8 Å². The lowest BCUT2D eigenvalue weighted by Gasteiger charge is -2.12. The fourth-order valence-electron chi connectivity index (χ4n) is 3.52. The molecule has 0 unspecified atom stereocenters. The monoisotopic (exact) mass is 454 g/mol. The number of rotatable bonds is 8. The van der Waals surface area contributed by atoms with Gasteiger partial charge in [-0.05, 0) is 49.4 Å². The number of carbonyl (C=O) groups is 1. The van der Waals surface area contributed by atoms with Crippen LogP contribution in [0.2, 0.25) is 0 Å². The summed E-state index contributed by atoms with van der Waals surface area (Å²) in [6, 6.07) is 22.8. The number of carbonyl (C=O) groups excluding carboxylic acids is 1. The van der Waals surface area contributed by atoms with Crippen molar-refractivity contribution >= 4 is 17.4 Å². The molecule has 7 nitrogen and oxygen atoms in total. The average Bonchev–Trinajstić information content (AvgIpc) is 2.87. The standard InChI is InChI=1S/C27H26N4O3/c1-18-5-4-6-20(13-18)24-15-26(30-17-29-24)31-22-10-7-19(8-11-22)27(32)28-16-21-9-12-23(33-2)14-25(21)34-3/h4-15,17H,16H2,1-3H3,(H,28,32)(H,29,30,31). The number of nitrogens with one attached hydrogen (secondary N) is 2. The predicted molar refractivity (Wildman–Crippen MR) is 133 cm³/mol. The van der Waals surface area contributed by atoms with Gasteiger partial charge in [0.05, 0.1) is 19.9 Å². The molecular weight excluding hydrogens is 428 g/mol. The Morgan fingerprint density at radius 3 is 2.47 bits per heavy atom. The van der Waals surface area contributed by atoms with Gasteiger partial charge in [-0.3, -0.25) is 4.79 Å². The van der Waals surface area contributed by atoms with Crippen LogP contribution in [0.1, 0.15) is 21.5 Å². The summed E-state index contributed by atoms with van der Waals surface area (Å²) in [7, 11) is 3.19. The van der Waals surface area contributed by atoms with Crippen molar-refractivity contribution in [1.82, 2.24) is 15.3 Å². The highest BCUT2D eigenvalue weighted by Crippen LogP contribution is 2.25. The van der Waals surface area contributed by atoms with Crippen LogP contribution in [0.25, 0.3) is 11.3 Å². The number of ether oxygens (including phenoxy) is 2. The molecule has 34 heavy (non-hydrogen) atoms. The number of amides is 1. The van der Waals surface area contributed by atoms with Crippen LogP contribution in [0.3, 0.4) is 0 Å². The molecule has 0 aliphatic carbocycles. The Morgan fingerprint density at radius 1 is 0.912 bits per heavy atom. The van der Waals surface area contributed by atoms with E-state index < -0.39 is 0 Å². The topological polar surface area (TPSA) is 85.4 Å². The molecular formula is C27H26N4O3.